The smallest absolute Gasteiger partial charge is 0.476 e. The van der Waals surface area contributed by atoms with Crippen LogP contribution in [0.4, 0.5) is 13.2 Å². The minimum absolute atomic E-state index is 0.750. The fourth-order valence-corrected chi connectivity index (χ4v) is 1.25. The largest absolute Gasteiger partial charge is 0.534 e. The summed E-state index contributed by atoms with van der Waals surface area (Å²) in [5.41, 5.74) is -6.57. The van der Waals surface area contributed by atoms with Crippen LogP contribution in [0.15, 0.2) is 18.3 Å². The van der Waals surface area contributed by atoms with Crippen LogP contribution in [0.2, 0.25) is 0 Å². The van der Waals surface area contributed by atoms with E-state index in [4.69, 9.17) is 5.11 Å². The summed E-state index contributed by atoms with van der Waals surface area (Å²) in [5.74, 6) is -2.71. The lowest BCUT2D eigenvalue weighted by Gasteiger charge is -2.10. The number of halogens is 3. The number of carboxylic acids is 1. The third-order valence-electron chi connectivity index (χ3n) is 1.46. The minimum atomic E-state index is -5.91. The van der Waals surface area contributed by atoms with Crippen molar-refractivity contribution >= 4 is 16.1 Å². The van der Waals surface area contributed by atoms with E-state index >= 15 is 0 Å². The zero-order valence-electron chi connectivity index (χ0n) is 7.80. The number of carbonyl (C=O) groups is 1. The molecule has 1 aromatic rings. The van der Waals surface area contributed by atoms with Gasteiger partial charge in [0.15, 0.2) is 11.4 Å². The number of hydrogen-bond acceptors (Lipinski definition) is 5. The predicted molar refractivity (Wildman–Crippen MR) is 46.8 cm³/mol. The van der Waals surface area contributed by atoms with Gasteiger partial charge in [-0.15, -0.1) is 0 Å². The highest BCUT2D eigenvalue weighted by Crippen LogP contribution is 2.27. The Morgan fingerprint density at radius 2 is 2.00 bits per heavy atom. The first-order valence-corrected chi connectivity index (χ1v) is 5.25. The Balaban J connectivity index is 3.18. The Bertz CT molecular complexity index is 539. The average Bonchev–Trinajstić information content (AvgIpc) is 2.15. The molecule has 94 valence electrons. The van der Waals surface area contributed by atoms with E-state index < -0.39 is 33.0 Å². The lowest BCUT2D eigenvalue weighted by molar-refractivity contribution is -0.0500. The maximum Gasteiger partial charge on any atom is 0.534 e. The van der Waals surface area contributed by atoms with Gasteiger partial charge in [0.25, 0.3) is 0 Å². The molecule has 0 spiro atoms. The zero-order chi connectivity index (χ0) is 13.3. The first-order valence-electron chi connectivity index (χ1n) is 3.84. The van der Waals surface area contributed by atoms with Crippen molar-refractivity contribution < 1.29 is 35.7 Å². The molecule has 0 saturated carbocycles. The molecule has 0 aromatic carbocycles. The molecule has 6 nitrogen and oxygen atoms in total. The highest BCUT2D eigenvalue weighted by atomic mass is 32.2. The van der Waals surface area contributed by atoms with Gasteiger partial charge in [-0.3, -0.25) is 0 Å². The standard InChI is InChI=1S/C7H4F3NO5S/c8-7(9,10)17(14,15)16-4-2-1-3-11-5(4)6(12)13/h1-3H,(H,12,13). The minimum Gasteiger partial charge on any atom is -0.476 e. The molecule has 0 saturated heterocycles. The second kappa shape index (κ2) is 4.20. The number of nitrogens with zero attached hydrogens (tertiary/aromatic N) is 1. The van der Waals surface area contributed by atoms with E-state index in [2.05, 4.69) is 9.17 Å². The highest BCUT2D eigenvalue weighted by Gasteiger charge is 2.49. The molecule has 1 heterocycles. The van der Waals surface area contributed by atoms with Crippen LogP contribution < -0.4 is 4.18 Å². The first kappa shape index (κ1) is 13.2. The van der Waals surface area contributed by atoms with Crippen LogP contribution in [0.25, 0.3) is 0 Å². The van der Waals surface area contributed by atoms with Crippen LogP contribution >= 0.6 is 0 Å². The number of alkyl halides is 3. The van der Waals surface area contributed by atoms with Gasteiger partial charge in [0, 0.05) is 6.20 Å². The van der Waals surface area contributed by atoms with Crippen LogP contribution in [0.5, 0.6) is 5.75 Å². The number of aromatic carboxylic acids is 1. The van der Waals surface area contributed by atoms with Gasteiger partial charge in [-0.1, -0.05) is 0 Å². The van der Waals surface area contributed by atoms with Crippen LogP contribution in [0.3, 0.4) is 0 Å². The van der Waals surface area contributed by atoms with Crippen molar-refractivity contribution in [2.75, 3.05) is 0 Å². The van der Waals surface area contributed by atoms with Gasteiger partial charge in [-0.05, 0) is 12.1 Å². The number of hydrogen-bond donors (Lipinski definition) is 1. The molecule has 0 radical (unpaired) electrons. The van der Waals surface area contributed by atoms with E-state index in [0.717, 1.165) is 18.3 Å². The zero-order valence-corrected chi connectivity index (χ0v) is 8.62. The molecule has 0 aliphatic rings. The molecule has 0 unspecified atom stereocenters. The molecule has 0 atom stereocenters. The molecule has 0 fully saturated rings. The van der Waals surface area contributed by atoms with Crippen molar-refractivity contribution in [3.05, 3.63) is 24.0 Å². The molecule has 0 aliphatic heterocycles. The summed E-state index contributed by atoms with van der Waals surface area (Å²) in [6.07, 6.45) is 0.969. The second-order valence-electron chi connectivity index (χ2n) is 2.64. The van der Waals surface area contributed by atoms with E-state index in [1.54, 1.807) is 0 Å². The summed E-state index contributed by atoms with van der Waals surface area (Å²) in [7, 11) is -5.91. The van der Waals surface area contributed by atoms with Crippen molar-refractivity contribution in [1.82, 2.24) is 4.98 Å². The lowest BCUT2D eigenvalue weighted by Crippen LogP contribution is -2.28. The maximum atomic E-state index is 12.0. The Hall–Kier alpha value is -1.84. The van der Waals surface area contributed by atoms with E-state index in [-0.39, 0.29) is 0 Å². The lowest BCUT2D eigenvalue weighted by atomic mass is 10.3. The Kier molecular flexibility index (Phi) is 3.27. The fraction of sp³-hybridized carbons (Fsp3) is 0.143. The third kappa shape index (κ3) is 2.84. The van der Waals surface area contributed by atoms with E-state index in [9.17, 15) is 26.4 Å². The van der Waals surface area contributed by atoms with Crippen molar-refractivity contribution in [1.29, 1.82) is 0 Å². The first-order chi connectivity index (χ1) is 7.65. The molecule has 0 aliphatic carbocycles. The van der Waals surface area contributed by atoms with Gasteiger partial charge in [-0.2, -0.15) is 21.6 Å². The number of pyridine rings is 1. The Labute approximate surface area is 92.8 Å². The summed E-state index contributed by atoms with van der Waals surface area (Å²) < 4.78 is 60.8. The highest BCUT2D eigenvalue weighted by molar-refractivity contribution is 7.88. The van der Waals surface area contributed by atoms with E-state index in [0.29, 0.717) is 0 Å². The molecule has 0 bridgehead atoms. The fourth-order valence-electron chi connectivity index (χ4n) is 0.784. The predicted octanol–water partition coefficient (Wildman–Crippen LogP) is 1.01. The molecular formula is C7H4F3NO5S. The molecule has 17 heavy (non-hydrogen) atoms. The average molecular weight is 271 g/mol. The van der Waals surface area contributed by atoms with Crippen molar-refractivity contribution in [3.63, 3.8) is 0 Å². The Morgan fingerprint density at radius 1 is 1.41 bits per heavy atom. The van der Waals surface area contributed by atoms with E-state index in [1.807, 2.05) is 0 Å². The number of carboxylic acid groups (broad SMARTS) is 1. The monoisotopic (exact) mass is 271 g/mol. The molecule has 0 amide bonds. The van der Waals surface area contributed by atoms with Gasteiger partial charge in [0.1, 0.15) is 0 Å². The van der Waals surface area contributed by atoms with Gasteiger partial charge < -0.3 is 9.29 Å². The molecule has 1 rings (SSSR count). The summed E-state index contributed by atoms with van der Waals surface area (Å²) >= 11 is 0. The van der Waals surface area contributed by atoms with Crippen LogP contribution in [-0.4, -0.2) is 30.0 Å². The van der Waals surface area contributed by atoms with E-state index in [1.165, 1.54) is 0 Å². The number of rotatable bonds is 3. The van der Waals surface area contributed by atoms with Gasteiger partial charge in [-0.25, -0.2) is 9.78 Å². The topological polar surface area (TPSA) is 93.6 Å². The normalized spacial score (nSPS) is 12.2. The van der Waals surface area contributed by atoms with Gasteiger partial charge in [0.2, 0.25) is 0 Å². The molecule has 10 heteroatoms. The number of aromatic nitrogens is 1. The SMILES string of the molecule is O=C(O)c1ncccc1OS(=O)(=O)C(F)(F)F. The van der Waals surface area contributed by atoms with Crippen molar-refractivity contribution in [3.8, 4) is 5.75 Å². The summed E-state index contributed by atoms with van der Waals surface area (Å²) in [4.78, 5) is 13.7. The molecular weight excluding hydrogens is 267 g/mol. The maximum absolute atomic E-state index is 12.0. The molecule has 1 aromatic heterocycles. The summed E-state index contributed by atoms with van der Waals surface area (Å²) in [5, 5.41) is 8.55. The third-order valence-corrected chi connectivity index (χ3v) is 2.42. The van der Waals surface area contributed by atoms with Crippen molar-refractivity contribution in [2.24, 2.45) is 0 Å². The van der Waals surface area contributed by atoms with Crippen molar-refractivity contribution in [2.45, 2.75) is 5.51 Å². The van der Waals surface area contributed by atoms with Gasteiger partial charge in [0.05, 0.1) is 0 Å². The summed E-state index contributed by atoms with van der Waals surface area (Å²) in [6, 6.07) is 1.79. The van der Waals surface area contributed by atoms with Gasteiger partial charge >= 0.3 is 21.6 Å². The van der Waals surface area contributed by atoms with Crippen LogP contribution in [0, 0.1) is 0 Å². The molecule has 1 N–H and O–H groups in total. The van der Waals surface area contributed by atoms with Crippen LogP contribution in [-0.2, 0) is 10.1 Å². The second-order valence-corrected chi connectivity index (χ2v) is 4.18. The van der Waals surface area contributed by atoms with Crippen LogP contribution in [0.1, 0.15) is 10.5 Å². The quantitative estimate of drug-likeness (QED) is 0.651. The summed E-state index contributed by atoms with van der Waals surface area (Å²) in [6.45, 7) is 0. The Morgan fingerprint density at radius 3 is 2.47 bits per heavy atom.